The second-order valence-corrected chi connectivity index (χ2v) is 3.94. The Morgan fingerprint density at radius 1 is 1.18 bits per heavy atom. The molecule has 2 aromatic carbocycles. The molecular formula is C12H10Cl3OSi. The van der Waals surface area contributed by atoms with Gasteiger partial charge >= 0.3 is 0 Å². The quantitative estimate of drug-likeness (QED) is 0.569. The van der Waals surface area contributed by atoms with Gasteiger partial charge < -0.3 is 4.74 Å². The van der Waals surface area contributed by atoms with Gasteiger partial charge in [-0.2, -0.15) is 11.1 Å². The average Bonchev–Trinajstić information content (AvgIpc) is 2.37. The van der Waals surface area contributed by atoms with Crippen LogP contribution in [0.5, 0.6) is 5.75 Å². The Balaban J connectivity index is 0.000000686. The van der Waals surface area contributed by atoms with Crippen LogP contribution in [0.3, 0.4) is 0 Å². The number of hydrogen-bond acceptors (Lipinski definition) is 1. The monoisotopic (exact) mass is 303 g/mol. The van der Waals surface area contributed by atoms with Crippen LogP contribution in [-0.4, -0.2) is 16.2 Å². The molecule has 17 heavy (non-hydrogen) atoms. The fraction of sp³-hybridized carbons (Fsp3) is 0.167. The van der Waals surface area contributed by atoms with Gasteiger partial charge in [0.2, 0.25) is 0 Å². The molecule has 0 fully saturated rings. The molecular weight excluding hydrogens is 295 g/mol. The van der Waals surface area contributed by atoms with Crippen molar-refractivity contribution >= 4 is 54.6 Å². The summed E-state index contributed by atoms with van der Waals surface area (Å²) in [6.07, 6.45) is 0. The van der Waals surface area contributed by atoms with Gasteiger partial charge in [-0.25, -0.2) is 0 Å². The Labute approximate surface area is 119 Å². The zero-order valence-corrected chi connectivity index (χ0v) is 12.4. The van der Waals surface area contributed by atoms with Crippen molar-refractivity contribution in [1.29, 1.82) is 0 Å². The summed E-state index contributed by atoms with van der Waals surface area (Å²) in [5.41, 5.74) is 0. The number of benzene rings is 2. The summed E-state index contributed by atoms with van der Waals surface area (Å²) in [5.74, 6) is 0.569. The molecule has 0 amide bonds. The van der Waals surface area contributed by atoms with Gasteiger partial charge in [-0.15, -0.1) is 0 Å². The lowest BCUT2D eigenvalue weighted by Crippen LogP contribution is -1.93. The molecule has 0 atom stereocenters. The normalized spacial score (nSPS) is 9.71. The molecule has 0 unspecified atom stereocenters. The third-order valence-corrected chi connectivity index (χ3v) is 2.84. The van der Waals surface area contributed by atoms with Crippen molar-refractivity contribution in [3.63, 3.8) is 0 Å². The molecule has 0 saturated carbocycles. The van der Waals surface area contributed by atoms with Gasteiger partial charge in [0.05, 0.1) is 16.7 Å². The van der Waals surface area contributed by atoms with E-state index < -0.39 is 0 Å². The zero-order valence-electron chi connectivity index (χ0n) is 9.14. The maximum Gasteiger partial charge on any atom is 0.174 e. The van der Waals surface area contributed by atoms with E-state index in [4.69, 9.17) is 27.9 Å². The minimum absolute atomic E-state index is 0.553. The third kappa shape index (κ3) is 3.29. The molecule has 0 spiro atoms. The van der Waals surface area contributed by atoms with Crippen LogP contribution >= 0.6 is 34.3 Å². The fourth-order valence-electron chi connectivity index (χ4n) is 1.53. The highest BCUT2D eigenvalue weighted by atomic mass is 35.6. The molecule has 0 bridgehead atoms. The molecule has 0 aliphatic rings. The molecule has 2 aromatic rings. The highest BCUT2D eigenvalue weighted by Gasteiger charge is 2.10. The molecule has 3 radical (unpaired) electrons. The predicted molar refractivity (Wildman–Crippen MR) is 76.7 cm³/mol. The van der Waals surface area contributed by atoms with Crippen molar-refractivity contribution in [2.24, 2.45) is 0 Å². The van der Waals surface area contributed by atoms with Crippen LogP contribution in [0.1, 0.15) is 6.92 Å². The Morgan fingerprint density at radius 2 is 1.82 bits per heavy atom. The highest BCUT2D eigenvalue weighted by Crippen LogP contribution is 2.39. The second-order valence-electron chi connectivity index (χ2n) is 3.16. The van der Waals surface area contributed by atoms with E-state index in [-0.39, 0.29) is 0 Å². The first-order chi connectivity index (χ1) is 8.24. The van der Waals surface area contributed by atoms with E-state index >= 15 is 0 Å². The van der Waals surface area contributed by atoms with Gasteiger partial charge in [0.1, 0.15) is 0 Å². The lowest BCUT2D eigenvalue weighted by atomic mass is 10.1. The summed E-state index contributed by atoms with van der Waals surface area (Å²) >= 11 is 16.7. The molecule has 89 valence electrons. The van der Waals surface area contributed by atoms with Crippen molar-refractivity contribution < 1.29 is 4.74 Å². The smallest absolute Gasteiger partial charge is 0.174 e. The molecule has 5 heteroatoms. The van der Waals surface area contributed by atoms with E-state index in [9.17, 15) is 0 Å². The van der Waals surface area contributed by atoms with Crippen LogP contribution in [0, 0.1) is 0 Å². The van der Waals surface area contributed by atoms with Gasteiger partial charge in [0.15, 0.2) is 15.3 Å². The molecule has 2 rings (SSSR count). The van der Waals surface area contributed by atoms with Crippen LogP contribution < -0.4 is 4.74 Å². The number of ether oxygens (including phenoxy) is 1. The van der Waals surface area contributed by atoms with Gasteiger partial charge in [-0.3, -0.25) is 0 Å². The van der Waals surface area contributed by atoms with E-state index in [1.165, 1.54) is 0 Å². The van der Waals surface area contributed by atoms with Crippen molar-refractivity contribution in [2.75, 3.05) is 6.61 Å². The minimum atomic E-state index is 0.553. The lowest BCUT2D eigenvalue weighted by molar-refractivity contribution is 0.341. The Morgan fingerprint density at radius 3 is 2.47 bits per heavy atom. The summed E-state index contributed by atoms with van der Waals surface area (Å²) in [5, 5.41) is 3.13. The topological polar surface area (TPSA) is 9.23 Å². The van der Waals surface area contributed by atoms with Gasteiger partial charge in [-0.05, 0) is 18.4 Å². The first kappa shape index (κ1) is 14.6. The molecule has 0 aliphatic carbocycles. The number of halogens is 3. The Hall–Kier alpha value is -0.413. The molecule has 1 nitrogen and oxygen atoms in total. The fourth-order valence-corrected chi connectivity index (χ4v) is 2.17. The van der Waals surface area contributed by atoms with E-state index in [0.29, 0.717) is 22.4 Å². The lowest BCUT2D eigenvalue weighted by Gasteiger charge is -2.10. The summed E-state index contributed by atoms with van der Waals surface area (Å²) < 4.78 is 5.41. The third-order valence-electron chi connectivity index (χ3n) is 2.18. The summed E-state index contributed by atoms with van der Waals surface area (Å²) in [6.45, 7) is 2.46. The molecule has 0 saturated heterocycles. The van der Waals surface area contributed by atoms with E-state index in [2.05, 4.69) is 20.6 Å². The molecule has 0 heterocycles. The first-order valence-corrected chi connectivity index (χ1v) is 7.19. The van der Waals surface area contributed by atoms with Gasteiger partial charge in [0, 0.05) is 5.39 Å². The minimum Gasteiger partial charge on any atom is -0.491 e. The van der Waals surface area contributed by atoms with Gasteiger partial charge in [-0.1, -0.05) is 47.5 Å². The number of rotatable bonds is 2. The number of hydrogen-bond donors (Lipinski definition) is 0. The molecule has 0 N–H and O–H groups in total. The summed E-state index contributed by atoms with van der Waals surface area (Å²) in [6, 6.07) is 9.69. The van der Waals surface area contributed by atoms with Crippen molar-refractivity contribution in [1.82, 2.24) is 0 Å². The SMILES string of the molecule is CCOc1c(Cl)cc2ccccc2c1Cl.[Si]Cl. The van der Waals surface area contributed by atoms with Crippen LogP contribution in [0.25, 0.3) is 10.8 Å². The Kier molecular flexibility index (Phi) is 6.13. The van der Waals surface area contributed by atoms with Crippen molar-refractivity contribution in [3.8, 4) is 5.75 Å². The van der Waals surface area contributed by atoms with Crippen LogP contribution in [0.2, 0.25) is 10.0 Å². The van der Waals surface area contributed by atoms with Crippen molar-refractivity contribution in [3.05, 3.63) is 40.4 Å². The largest absolute Gasteiger partial charge is 0.491 e. The van der Waals surface area contributed by atoms with Gasteiger partial charge in [0.25, 0.3) is 0 Å². The van der Waals surface area contributed by atoms with Crippen LogP contribution in [-0.2, 0) is 0 Å². The van der Waals surface area contributed by atoms with E-state index in [1.54, 1.807) is 0 Å². The maximum absolute atomic E-state index is 6.22. The molecule has 0 aliphatic heterocycles. The second kappa shape index (κ2) is 7.12. The van der Waals surface area contributed by atoms with E-state index in [1.807, 2.05) is 37.3 Å². The number of fused-ring (bicyclic) bond motifs is 1. The predicted octanol–water partition coefficient (Wildman–Crippen LogP) is 4.85. The van der Waals surface area contributed by atoms with E-state index in [0.717, 1.165) is 10.8 Å². The van der Waals surface area contributed by atoms with Crippen LogP contribution in [0.4, 0.5) is 0 Å². The zero-order chi connectivity index (χ0) is 12.8. The highest BCUT2D eigenvalue weighted by molar-refractivity contribution is 6.80. The average molecular weight is 305 g/mol. The first-order valence-electron chi connectivity index (χ1n) is 4.92. The maximum atomic E-state index is 6.22. The Bertz CT molecular complexity index is 502. The van der Waals surface area contributed by atoms with Crippen LogP contribution in [0.15, 0.2) is 30.3 Å². The standard InChI is InChI=1S/C12H10Cl2O.ClSi/c1-2-15-12-10(13)7-8-5-3-4-6-9(8)11(12)14;1-2/h3-7H,2H2,1H3;. The summed E-state index contributed by atoms with van der Waals surface area (Å²) in [4.78, 5) is 0. The van der Waals surface area contributed by atoms with Crippen molar-refractivity contribution in [2.45, 2.75) is 6.92 Å². The molecule has 0 aromatic heterocycles. The summed E-state index contributed by atoms with van der Waals surface area (Å²) in [7, 11) is 2.44.